The van der Waals surface area contributed by atoms with Crippen LogP contribution in [0.1, 0.15) is 41.8 Å². The van der Waals surface area contributed by atoms with E-state index in [0.29, 0.717) is 23.4 Å². The Morgan fingerprint density at radius 1 is 1.48 bits per heavy atom. The van der Waals surface area contributed by atoms with E-state index in [2.05, 4.69) is 4.98 Å². The Labute approximate surface area is 123 Å². The third-order valence-electron chi connectivity index (χ3n) is 3.73. The molecule has 112 valence electrons. The Morgan fingerprint density at radius 2 is 2.19 bits per heavy atom. The fourth-order valence-electron chi connectivity index (χ4n) is 2.39. The van der Waals surface area contributed by atoms with Crippen LogP contribution in [0.5, 0.6) is 0 Å². The number of aromatic nitrogens is 2. The minimum absolute atomic E-state index is 0.0210. The van der Waals surface area contributed by atoms with E-state index in [1.54, 1.807) is 20.0 Å². The van der Waals surface area contributed by atoms with E-state index in [0.717, 1.165) is 12.0 Å². The smallest absolute Gasteiger partial charge is 0.278 e. The van der Waals surface area contributed by atoms with E-state index in [9.17, 15) is 10.1 Å². The average molecular weight is 288 g/mol. The highest BCUT2D eigenvalue weighted by atomic mass is 16.6. The van der Waals surface area contributed by atoms with Gasteiger partial charge in [-0.2, -0.15) is 0 Å². The number of nitrogens with two attached hydrogens (primary N) is 1. The van der Waals surface area contributed by atoms with Gasteiger partial charge in [-0.25, -0.2) is 0 Å². The topological polar surface area (TPSA) is 87.0 Å². The number of nitrogens with zero attached hydrogens (tertiary/aromatic N) is 3. The second-order valence-corrected chi connectivity index (χ2v) is 5.25. The van der Waals surface area contributed by atoms with Gasteiger partial charge in [0.2, 0.25) is 0 Å². The SMILES string of the molecule is CCC(N)c1ccn(Cc2ncc(C)c([N+](=O)[O-])c2C)c1. The largest absolute Gasteiger partial charge is 0.348 e. The molecule has 21 heavy (non-hydrogen) atoms. The van der Waals surface area contributed by atoms with Gasteiger partial charge in [-0.05, 0) is 31.9 Å². The zero-order valence-corrected chi connectivity index (χ0v) is 12.5. The van der Waals surface area contributed by atoms with Crippen molar-refractivity contribution >= 4 is 5.69 Å². The van der Waals surface area contributed by atoms with Gasteiger partial charge >= 0.3 is 0 Å². The highest BCUT2D eigenvalue weighted by Crippen LogP contribution is 2.25. The Kier molecular flexibility index (Phi) is 4.37. The van der Waals surface area contributed by atoms with Crippen LogP contribution < -0.4 is 5.73 Å². The predicted molar refractivity (Wildman–Crippen MR) is 81.1 cm³/mol. The molecule has 0 aliphatic heterocycles. The quantitative estimate of drug-likeness (QED) is 0.677. The van der Waals surface area contributed by atoms with Crippen LogP contribution in [0, 0.1) is 24.0 Å². The summed E-state index contributed by atoms with van der Waals surface area (Å²) in [6.07, 6.45) is 6.33. The van der Waals surface area contributed by atoms with Crippen molar-refractivity contribution in [3.05, 3.63) is 57.2 Å². The second kappa shape index (κ2) is 6.05. The van der Waals surface area contributed by atoms with Crippen molar-refractivity contribution in [3.8, 4) is 0 Å². The first-order valence-electron chi connectivity index (χ1n) is 6.94. The zero-order valence-electron chi connectivity index (χ0n) is 12.5. The third-order valence-corrected chi connectivity index (χ3v) is 3.73. The Bertz CT molecular complexity index is 664. The molecular weight excluding hydrogens is 268 g/mol. The third kappa shape index (κ3) is 3.11. The number of hydrogen-bond donors (Lipinski definition) is 1. The summed E-state index contributed by atoms with van der Waals surface area (Å²) in [6.45, 7) is 5.99. The van der Waals surface area contributed by atoms with E-state index in [1.165, 1.54) is 0 Å². The molecule has 6 heteroatoms. The van der Waals surface area contributed by atoms with Crippen LogP contribution in [0.15, 0.2) is 24.7 Å². The van der Waals surface area contributed by atoms with Crippen molar-refractivity contribution < 1.29 is 4.92 Å². The Hall–Kier alpha value is -2.21. The normalized spacial score (nSPS) is 12.4. The van der Waals surface area contributed by atoms with Gasteiger partial charge in [0.05, 0.1) is 22.7 Å². The first-order chi connectivity index (χ1) is 9.93. The summed E-state index contributed by atoms with van der Waals surface area (Å²) in [6, 6.07) is 2.00. The first-order valence-corrected chi connectivity index (χ1v) is 6.94. The van der Waals surface area contributed by atoms with Crippen LogP contribution in [0.2, 0.25) is 0 Å². The van der Waals surface area contributed by atoms with Crippen LogP contribution in [0.3, 0.4) is 0 Å². The van der Waals surface area contributed by atoms with Gasteiger partial charge < -0.3 is 10.3 Å². The minimum Gasteiger partial charge on any atom is -0.348 e. The highest BCUT2D eigenvalue weighted by molar-refractivity contribution is 5.47. The van der Waals surface area contributed by atoms with Crippen molar-refractivity contribution in [1.82, 2.24) is 9.55 Å². The molecule has 0 saturated carbocycles. The number of pyridine rings is 1. The van der Waals surface area contributed by atoms with Crippen LogP contribution in [0.4, 0.5) is 5.69 Å². The van der Waals surface area contributed by atoms with Crippen molar-refractivity contribution in [3.63, 3.8) is 0 Å². The van der Waals surface area contributed by atoms with Gasteiger partial charge in [0.25, 0.3) is 5.69 Å². The molecule has 6 nitrogen and oxygen atoms in total. The molecule has 1 unspecified atom stereocenters. The molecule has 0 spiro atoms. The van der Waals surface area contributed by atoms with Crippen molar-refractivity contribution in [2.45, 2.75) is 39.8 Å². The molecule has 0 aliphatic carbocycles. The lowest BCUT2D eigenvalue weighted by Gasteiger charge is -2.09. The van der Waals surface area contributed by atoms with E-state index < -0.39 is 0 Å². The van der Waals surface area contributed by atoms with E-state index in [4.69, 9.17) is 5.73 Å². The minimum atomic E-state index is -0.343. The van der Waals surface area contributed by atoms with Crippen LogP contribution in [0.25, 0.3) is 0 Å². The fourth-order valence-corrected chi connectivity index (χ4v) is 2.39. The van der Waals surface area contributed by atoms with Crippen molar-refractivity contribution in [2.75, 3.05) is 0 Å². The molecule has 2 aromatic rings. The Morgan fingerprint density at radius 3 is 2.81 bits per heavy atom. The van der Waals surface area contributed by atoms with Crippen molar-refractivity contribution in [1.29, 1.82) is 0 Å². The van der Waals surface area contributed by atoms with Gasteiger partial charge in [0, 0.05) is 30.2 Å². The lowest BCUT2D eigenvalue weighted by atomic mass is 10.1. The van der Waals surface area contributed by atoms with Gasteiger partial charge in [0.15, 0.2) is 0 Å². The molecule has 0 saturated heterocycles. The first kappa shape index (κ1) is 15.2. The predicted octanol–water partition coefficient (Wildman–Crippen LogP) is 2.87. The fraction of sp³-hybridized carbons (Fsp3) is 0.400. The maximum Gasteiger partial charge on any atom is 0.278 e. The molecule has 1 atom stereocenters. The lowest BCUT2D eigenvalue weighted by molar-refractivity contribution is -0.386. The van der Waals surface area contributed by atoms with E-state index in [-0.39, 0.29) is 16.7 Å². The maximum atomic E-state index is 11.1. The summed E-state index contributed by atoms with van der Waals surface area (Å²) in [5.74, 6) is 0. The number of aryl methyl sites for hydroxylation is 1. The molecule has 0 bridgehead atoms. The van der Waals surface area contributed by atoms with Crippen LogP contribution >= 0.6 is 0 Å². The molecule has 0 aliphatic rings. The number of rotatable bonds is 5. The maximum absolute atomic E-state index is 11.1. The summed E-state index contributed by atoms with van der Waals surface area (Å²) in [5.41, 5.74) is 9.13. The zero-order chi connectivity index (χ0) is 15.6. The molecule has 2 N–H and O–H groups in total. The molecular formula is C15H20N4O2. The van der Waals surface area contributed by atoms with E-state index >= 15 is 0 Å². The van der Waals surface area contributed by atoms with E-state index in [1.807, 2.05) is 30.0 Å². The summed E-state index contributed by atoms with van der Waals surface area (Å²) in [5, 5.41) is 11.1. The van der Waals surface area contributed by atoms with Crippen LogP contribution in [-0.4, -0.2) is 14.5 Å². The summed E-state index contributed by atoms with van der Waals surface area (Å²) in [7, 11) is 0. The summed E-state index contributed by atoms with van der Waals surface area (Å²) >= 11 is 0. The molecule has 0 aromatic carbocycles. The molecule has 0 fully saturated rings. The second-order valence-electron chi connectivity index (χ2n) is 5.25. The lowest BCUT2D eigenvalue weighted by Crippen LogP contribution is -2.08. The Balaban J connectivity index is 2.30. The molecule has 0 amide bonds. The summed E-state index contributed by atoms with van der Waals surface area (Å²) < 4.78 is 1.96. The molecule has 0 radical (unpaired) electrons. The van der Waals surface area contributed by atoms with Crippen molar-refractivity contribution in [2.24, 2.45) is 5.73 Å². The van der Waals surface area contributed by atoms with Gasteiger partial charge in [-0.3, -0.25) is 15.1 Å². The molecule has 2 heterocycles. The highest BCUT2D eigenvalue weighted by Gasteiger charge is 2.18. The standard InChI is InChI=1S/C15H20N4O2/c1-4-13(16)12-5-6-18(8-12)9-14-11(3)15(19(20)21)10(2)7-17-14/h5-8,13H,4,9,16H2,1-3H3. The van der Waals surface area contributed by atoms with Gasteiger partial charge in [-0.1, -0.05) is 6.92 Å². The summed E-state index contributed by atoms with van der Waals surface area (Å²) in [4.78, 5) is 15.1. The molecule has 2 aromatic heterocycles. The van der Waals surface area contributed by atoms with Gasteiger partial charge in [0.1, 0.15) is 0 Å². The van der Waals surface area contributed by atoms with Gasteiger partial charge in [-0.15, -0.1) is 0 Å². The number of hydrogen-bond acceptors (Lipinski definition) is 4. The van der Waals surface area contributed by atoms with Crippen LogP contribution in [-0.2, 0) is 6.54 Å². The average Bonchev–Trinajstić information content (AvgIpc) is 2.89. The monoisotopic (exact) mass is 288 g/mol. The molecule has 2 rings (SSSR count). The number of nitro groups is 1.